The average molecular weight is 326 g/mol. The first kappa shape index (κ1) is 15.9. The van der Waals surface area contributed by atoms with E-state index in [4.69, 9.17) is 0 Å². The predicted octanol–water partition coefficient (Wildman–Crippen LogP) is 4.24. The molecule has 0 spiro atoms. The molecule has 0 saturated heterocycles. The summed E-state index contributed by atoms with van der Waals surface area (Å²) in [4.78, 5) is 15.9. The summed E-state index contributed by atoms with van der Waals surface area (Å²) in [6, 6.07) is 14.4. The second-order valence-corrected chi connectivity index (χ2v) is 7.68. The molecule has 1 heterocycles. The van der Waals surface area contributed by atoms with Crippen LogP contribution in [0.2, 0.25) is 0 Å². The Morgan fingerprint density at radius 1 is 1.22 bits per heavy atom. The summed E-state index contributed by atoms with van der Waals surface area (Å²) in [6.45, 7) is 7.57. The van der Waals surface area contributed by atoms with Gasteiger partial charge in [-0.15, -0.1) is 11.8 Å². The van der Waals surface area contributed by atoms with Gasteiger partial charge in [0.2, 0.25) is 5.91 Å². The van der Waals surface area contributed by atoms with Crippen LogP contribution < -0.4 is 10.2 Å². The molecule has 1 N–H and O–H groups in total. The number of nitrogens with zero attached hydrogens (tertiary/aromatic N) is 1. The highest BCUT2D eigenvalue weighted by Crippen LogP contribution is 2.37. The smallest absolute Gasteiger partial charge is 0.243 e. The van der Waals surface area contributed by atoms with Crippen LogP contribution in [0.15, 0.2) is 47.4 Å². The van der Waals surface area contributed by atoms with Gasteiger partial charge in [0.1, 0.15) is 0 Å². The SMILES string of the molecule is Cc1cc(C)cc(NC(=O)CN2C[C@@H](C)Sc3ccccc32)c1. The number of para-hydroxylation sites is 1. The van der Waals surface area contributed by atoms with Crippen LogP contribution in [0.25, 0.3) is 0 Å². The first-order valence-corrected chi connectivity index (χ1v) is 8.78. The molecule has 3 rings (SSSR count). The van der Waals surface area contributed by atoms with Crippen LogP contribution in [-0.4, -0.2) is 24.2 Å². The minimum Gasteiger partial charge on any atom is -0.360 e. The van der Waals surface area contributed by atoms with E-state index in [1.54, 1.807) is 0 Å². The van der Waals surface area contributed by atoms with E-state index >= 15 is 0 Å². The predicted molar refractivity (Wildman–Crippen MR) is 98.5 cm³/mol. The lowest BCUT2D eigenvalue weighted by atomic mass is 10.1. The lowest BCUT2D eigenvalue weighted by Crippen LogP contribution is -2.39. The number of thioether (sulfide) groups is 1. The highest BCUT2D eigenvalue weighted by atomic mass is 32.2. The molecule has 2 aromatic rings. The Bertz CT molecular complexity index is 709. The largest absolute Gasteiger partial charge is 0.360 e. The fraction of sp³-hybridized carbons (Fsp3) is 0.316. The third kappa shape index (κ3) is 3.88. The van der Waals surface area contributed by atoms with Crippen LogP contribution in [0.5, 0.6) is 0 Å². The number of anilines is 2. The molecule has 23 heavy (non-hydrogen) atoms. The zero-order chi connectivity index (χ0) is 16.4. The molecular formula is C19H22N2OS. The molecule has 0 fully saturated rings. The maximum Gasteiger partial charge on any atom is 0.243 e. The van der Waals surface area contributed by atoms with E-state index in [0.717, 1.165) is 29.0 Å². The van der Waals surface area contributed by atoms with Gasteiger partial charge in [-0.3, -0.25) is 4.79 Å². The van der Waals surface area contributed by atoms with Gasteiger partial charge in [-0.25, -0.2) is 0 Å². The molecule has 1 aliphatic heterocycles. The zero-order valence-electron chi connectivity index (χ0n) is 13.8. The first-order chi connectivity index (χ1) is 11.0. The van der Waals surface area contributed by atoms with E-state index in [9.17, 15) is 4.79 Å². The van der Waals surface area contributed by atoms with Crippen molar-refractivity contribution in [1.29, 1.82) is 0 Å². The minimum absolute atomic E-state index is 0.0314. The standard InChI is InChI=1S/C19H22N2OS/c1-13-8-14(2)10-16(9-13)20-19(22)12-21-11-15(3)23-18-7-5-4-6-17(18)21/h4-10,15H,11-12H2,1-3H3,(H,20,22)/t15-/m1/s1. The lowest BCUT2D eigenvalue weighted by molar-refractivity contribution is -0.115. The minimum atomic E-state index is 0.0314. The zero-order valence-corrected chi connectivity index (χ0v) is 14.6. The average Bonchev–Trinajstić information content (AvgIpc) is 2.45. The van der Waals surface area contributed by atoms with Crippen molar-refractivity contribution in [3.05, 3.63) is 53.6 Å². The van der Waals surface area contributed by atoms with Crippen molar-refractivity contribution in [2.45, 2.75) is 30.9 Å². The molecule has 0 aromatic heterocycles. The van der Waals surface area contributed by atoms with Gasteiger partial charge in [0, 0.05) is 22.4 Å². The Morgan fingerprint density at radius 3 is 2.65 bits per heavy atom. The summed E-state index contributed by atoms with van der Waals surface area (Å²) in [5.41, 5.74) is 4.36. The van der Waals surface area contributed by atoms with E-state index in [1.807, 2.05) is 43.8 Å². The number of hydrogen-bond donors (Lipinski definition) is 1. The Kier molecular flexibility index (Phi) is 4.62. The molecule has 0 unspecified atom stereocenters. The summed E-state index contributed by atoms with van der Waals surface area (Å²) in [5.74, 6) is 0.0314. The summed E-state index contributed by atoms with van der Waals surface area (Å²) in [5, 5.41) is 3.51. The molecule has 0 bridgehead atoms. The molecule has 0 aliphatic carbocycles. The molecule has 0 saturated carbocycles. The topological polar surface area (TPSA) is 32.3 Å². The Morgan fingerprint density at radius 2 is 1.91 bits per heavy atom. The van der Waals surface area contributed by atoms with Gasteiger partial charge in [-0.05, 0) is 49.2 Å². The van der Waals surface area contributed by atoms with Crippen LogP contribution in [0.4, 0.5) is 11.4 Å². The summed E-state index contributed by atoms with van der Waals surface area (Å²) >= 11 is 1.88. The van der Waals surface area contributed by atoms with Crippen molar-refractivity contribution in [2.24, 2.45) is 0 Å². The molecule has 4 heteroatoms. The number of rotatable bonds is 3. The second kappa shape index (κ2) is 6.67. The normalized spacial score (nSPS) is 16.8. The van der Waals surface area contributed by atoms with Crippen LogP contribution in [0.1, 0.15) is 18.1 Å². The molecule has 1 amide bonds. The van der Waals surface area contributed by atoms with E-state index in [-0.39, 0.29) is 5.91 Å². The Labute approximate surface area is 142 Å². The van der Waals surface area contributed by atoms with Gasteiger partial charge in [0.05, 0.1) is 12.2 Å². The number of amides is 1. The maximum absolute atomic E-state index is 12.5. The van der Waals surface area contributed by atoms with Crippen molar-refractivity contribution in [2.75, 3.05) is 23.3 Å². The van der Waals surface area contributed by atoms with E-state index in [0.29, 0.717) is 11.8 Å². The molecule has 0 radical (unpaired) electrons. The van der Waals surface area contributed by atoms with E-state index in [2.05, 4.69) is 41.4 Å². The number of carbonyl (C=O) groups is 1. The molecule has 2 aromatic carbocycles. The molecule has 1 aliphatic rings. The van der Waals surface area contributed by atoms with E-state index in [1.165, 1.54) is 4.90 Å². The highest BCUT2D eigenvalue weighted by molar-refractivity contribution is 8.00. The van der Waals surface area contributed by atoms with Gasteiger partial charge in [0.15, 0.2) is 0 Å². The quantitative estimate of drug-likeness (QED) is 0.915. The van der Waals surface area contributed by atoms with Crippen LogP contribution in [0, 0.1) is 13.8 Å². The van der Waals surface area contributed by atoms with Crippen molar-refractivity contribution < 1.29 is 4.79 Å². The first-order valence-electron chi connectivity index (χ1n) is 7.90. The van der Waals surface area contributed by atoms with Crippen LogP contribution in [-0.2, 0) is 4.79 Å². The summed E-state index contributed by atoms with van der Waals surface area (Å²) in [6.07, 6.45) is 0. The fourth-order valence-corrected chi connectivity index (χ4v) is 4.21. The molecular weight excluding hydrogens is 304 g/mol. The number of hydrogen-bond acceptors (Lipinski definition) is 3. The molecule has 1 atom stereocenters. The maximum atomic E-state index is 12.5. The number of aryl methyl sites for hydroxylation is 2. The highest BCUT2D eigenvalue weighted by Gasteiger charge is 2.23. The molecule has 3 nitrogen and oxygen atoms in total. The fourth-order valence-electron chi connectivity index (χ4n) is 3.05. The van der Waals surface area contributed by atoms with Crippen molar-refractivity contribution in [3.63, 3.8) is 0 Å². The van der Waals surface area contributed by atoms with E-state index < -0.39 is 0 Å². The molecule has 120 valence electrons. The van der Waals surface area contributed by atoms with Crippen LogP contribution >= 0.6 is 11.8 Å². The van der Waals surface area contributed by atoms with Crippen molar-refractivity contribution in [3.8, 4) is 0 Å². The number of benzene rings is 2. The van der Waals surface area contributed by atoms with Gasteiger partial charge in [0.25, 0.3) is 0 Å². The summed E-state index contributed by atoms with van der Waals surface area (Å²) in [7, 11) is 0. The van der Waals surface area contributed by atoms with Gasteiger partial charge in [-0.1, -0.05) is 25.1 Å². The Hall–Kier alpha value is -1.94. The van der Waals surface area contributed by atoms with Gasteiger partial charge < -0.3 is 10.2 Å². The third-order valence-electron chi connectivity index (χ3n) is 3.85. The lowest BCUT2D eigenvalue weighted by Gasteiger charge is -2.33. The Balaban J connectivity index is 1.73. The number of nitrogens with one attached hydrogen (secondary N) is 1. The monoisotopic (exact) mass is 326 g/mol. The number of carbonyl (C=O) groups excluding carboxylic acids is 1. The second-order valence-electron chi connectivity index (χ2n) is 6.20. The third-order valence-corrected chi connectivity index (χ3v) is 5.00. The van der Waals surface area contributed by atoms with Crippen molar-refractivity contribution in [1.82, 2.24) is 0 Å². The van der Waals surface area contributed by atoms with Crippen molar-refractivity contribution >= 4 is 29.0 Å². The van der Waals surface area contributed by atoms with Gasteiger partial charge >= 0.3 is 0 Å². The summed E-state index contributed by atoms with van der Waals surface area (Å²) < 4.78 is 0. The van der Waals surface area contributed by atoms with Gasteiger partial charge in [-0.2, -0.15) is 0 Å². The number of fused-ring (bicyclic) bond motifs is 1. The van der Waals surface area contributed by atoms with Crippen LogP contribution in [0.3, 0.4) is 0 Å².